The SMILES string of the molecule is c1cc2c3cc(C4CCCC4)ncc3n(-c3ccc(-n4c5cnccc5c5cc(C6CCCC6)ncc54)cc3)c2cn1. The van der Waals surface area contributed by atoms with Crippen molar-refractivity contribution in [3.63, 3.8) is 0 Å². The Hall–Kier alpha value is -4.58. The van der Waals surface area contributed by atoms with Crippen molar-refractivity contribution in [2.75, 3.05) is 0 Å². The molecular weight excluding hydrogens is 516 g/mol. The number of fused-ring (bicyclic) bond motifs is 6. The molecule has 2 fully saturated rings. The van der Waals surface area contributed by atoms with E-state index in [1.54, 1.807) is 0 Å². The first kappa shape index (κ1) is 24.1. The fraction of sp³-hybridized carbons (Fsp3) is 0.278. The van der Waals surface area contributed by atoms with E-state index in [0.29, 0.717) is 11.8 Å². The second-order valence-electron chi connectivity index (χ2n) is 12.2. The van der Waals surface area contributed by atoms with Crippen LogP contribution in [0.3, 0.4) is 0 Å². The zero-order valence-electron chi connectivity index (χ0n) is 23.6. The van der Waals surface area contributed by atoms with Gasteiger partial charge in [0, 0.05) is 68.5 Å². The number of benzene rings is 1. The molecule has 206 valence electrons. The highest BCUT2D eigenvalue weighted by molar-refractivity contribution is 6.10. The molecule has 2 aliphatic carbocycles. The highest BCUT2D eigenvalue weighted by Crippen LogP contribution is 2.39. The predicted octanol–water partition coefficient (Wildman–Crippen LogP) is 8.78. The molecule has 42 heavy (non-hydrogen) atoms. The van der Waals surface area contributed by atoms with Gasteiger partial charge in [0.05, 0.1) is 46.9 Å². The lowest BCUT2D eigenvalue weighted by Gasteiger charge is -2.12. The summed E-state index contributed by atoms with van der Waals surface area (Å²) in [5.41, 5.74) is 9.12. The Morgan fingerprint density at radius 3 is 1.31 bits per heavy atom. The Morgan fingerprint density at radius 1 is 0.476 bits per heavy atom. The molecule has 9 rings (SSSR count). The van der Waals surface area contributed by atoms with Crippen molar-refractivity contribution >= 4 is 43.6 Å². The summed E-state index contributed by atoms with van der Waals surface area (Å²) in [4.78, 5) is 18.9. The third kappa shape index (κ3) is 3.64. The lowest BCUT2D eigenvalue weighted by molar-refractivity contribution is 0.699. The smallest absolute Gasteiger partial charge is 0.0725 e. The molecular formula is C36H32N6. The van der Waals surface area contributed by atoms with Gasteiger partial charge in [-0.3, -0.25) is 19.9 Å². The van der Waals surface area contributed by atoms with Crippen LogP contribution < -0.4 is 0 Å². The van der Waals surface area contributed by atoms with E-state index in [0.717, 1.165) is 33.4 Å². The minimum Gasteiger partial charge on any atom is -0.306 e. The summed E-state index contributed by atoms with van der Waals surface area (Å²) in [6, 6.07) is 17.8. The molecule has 0 amide bonds. The Balaban J connectivity index is 1.18. The average molecular weight is 549 g/mol. The molecule has 0 atom stereocenters. The average Bonchev–Trinajstić information content (AvgIpc) is 3.86. The summed E-state index contributed by atoms with van der Waals surface area (Å²) in [7, 11) is 0. The molecule has 0 N–H and O–H groups in total. The molecule has 6 aromatic heterocycles. The quantitative estimate of drug-likeness (QED) is 0.221. The van der Waals surface area contributed by atoms with Crippen LogP contribution in [0.2, 0.25) is 0 Å². The van der Waals surface area contributed by atoms with Gasteiger partial charge in [-0.05, 0) is 74.2 Å². The Morgan fingerprint density at radius 2 is 0.881 bits per heavy atom. The lowest BCUT2D eigenvalue weighted by Crippen LogP contribution is -2.00. The monoisotopic (exact) mass is 548 g/mol. The molecule has 2 saturated carbocycles. The number of rotatable bonds is 4. The second-order valence-corrected chi connectivity index (χ2v) is 12.2. The summed E-state index contributed by atoms with van der Waals surface area (Å²) in [5.74, 6) is 1.16. The van der Waals surface area contributed by atoms with Crippen LogP contribution in [0.4, 0.5) is 0 Å². The highest BCUT2D eigenvalue weighted by atomic mass is 15.0. The Bertz CT molecular complexity index is 1950. The van der Waals surface area contributed by atoms with Crippen molar-refractivity contribution in [3.8, 4) is 11.4 Å². The molecule has 7 aromatic rings. The van der Waals surface area contributed by atoms with Crippen molar-refractivity contribution in [3.05, 3.63) is 97.1 Å². The number of nitrogens with zero attached hydrogens (tertiary/aromatic N) is 6. The predicted molar refractivity (Wildman–Crippen MR) is 169 cm³/mol. The molecule has 1 aromatic carbocycles. The Labute approximate surface area is 244 Å². The molecule has 2 aliphatic rings. The molecule has 0 saturated heterocycles. The summed E-state index contributed by atoms with van der Waals surface area (Å²) >= 11 is 0. The van der Waals surface area contributed by atoms with E-state index >= 15 is 0 Å². The molecule has 6 heterocycles. The van der Waals surface area contributed by atoms with Crippen molar-refractivity contribution in [2.24, 2.45) is 0 Å². The van der Waals surface area contributed by atoms with E-state index < -0.39 is 0 Å². The molecule has 6 nitrogen and oxygen atoms in total. The zero-order valence-corrected chi connectivity index (χ0v) is 23.6. The van der Waals surface area contributed by atoms with Gasteiger partial charge in [0.15, 0.2) is 0 Å². The van der Waals surface area contributed by atoms with Gasteiger partial charge in [-0.1, -0.05) is 25.7 Å². The largest absolute Gasteiger partial charge is 0.306 e. The minimum atomic E-state index is 0.582. The van der Waals surface area contributed by atoms with Gasteiger partial charge in [-0.2, -0.15) is 0 Å². The number of pyridine rings is 4. The number of hydrogen-bond acceptors (Lipinski definition) is 4. The van der Waals surface area contributed by atoms with E-state index in [1.807, 2.05) is 24.8 Å². The molecule has 0 unspecified atom stereocenters. The van der Waals surface area contributed by atoms with Gasteiger partial charge in [-0.15, -0.1) is 0 Å². The van der Waals surface area contributed by atoms with Gasteiger partial charge < -0.3 is 9.13 Å². The number of hydrogen-bond donors (Lipinski definition) is 0. The van der Waals surface area contributed by atoms with Crippen molar-refractivity contribution < 1.29 is 0 Å². The van der Waals surface area contributed by atoms with Crippen LogP contribution >= 0.6 is 0 Å². The first-order chi connectivity index (χ1) is 20.8. The Kier molecular flexibility index (Phi) is 5.43. The van der Waals surface area contributed by atoms with Crippen LogP contribution in [-0.4, -0.2) is 29.1 Å². The maximum atomic E-state index is 4.97. The van der Waals surface area contributed by atoms with Crippen LogP contribution in [0.25, 0.3) is 55.0 Å². The van der Waals surface area contributed by atoms with Gasteiger partial charge in [0.1, 0.15) is 0 Å². The van der Waals surface area contributed by atoms with E-state index in [1.165, 1.54) is 84.3 Å². The van der Waals surface area contributed by atoms with Crippen LogP contribution in [-0.2, 0) is 0 Å². The summed E-state index contributed by atoms with van der Waals surface area (Å²) in [6.45, 7) is 0. The fourth-order valence-electron chi connectivity index (χ4n) is 7.76. The van der Waals surface area contributed by atoms with Crippen molar-refractivity contribution in [1.29, 1.82) is 0 Å². The summed E-state index contributed by atoms with van der Waals surface area (Å²) in [6.07, 6.45) is 22.1. The molecule has 0 bridgehead atoms. The van der Waals surface area contributed by atoms with Gasteiger partial charge in [0.25, 0.3) is 0 Å². The van der Waals surface area contributed by atoms with Gasteiger partial charge in [0.2, 0.25) is 0 Å². The standard InChI is InChI=1S/C36H32N6/c1-2-6-23(5-1)31-17-29-27-13-15-37-19-33(27)41(35(29)21-39-31)25-9-11-26(12-10-25)42-34-20-38-16-14-28(34)30-18-32(40-22-36(30)42)24-7-3-4-8-24/h9-24H,1-8H2. The zero-order chi connectivity index (χ0) is 27.6. The third-order valence-corrected chi connectivity index (χ3v) is 9.87. The first-order valence-electron chi connectivity index (χ1n) is 15.4. The third-order valence-electron chi connectivity index (χ3n) is 9.87. The van der Waals surface area contributed by atoms with E-state index in [2.05, 4.69) is 80.0 Å². The van der Waals surface area contributed by atoms with Crippen LogP contribution in [0, 0.1) is 0 Å². The molecule has 0 spiro atoms. The van der Waals surface area contributed by atoms with Crippen molar-refractivity contribution in [2.45, 2.75) is 63.2 Å². The first-order valence-corrected chi connectivity index (χ1v) is 15.4. The lowest BCUT2D eigenvalue weighted by atomic mass is 10.0. The van der Waals surface area contributed by atoms with E-state index in [4.69, 9.17) is 9.97 Å². The molecule has 0 aliphatic heterocycles. The summed E-state index contributed by atoms with van der Waals surface area (Å²) < 4.78 is 4.60. The maximum Gasteiger partial charge on any atom is 0.0725 e. The second kappa shape index (κ2) is 9.48. The van der Waals surface area contributed by atoms with Crippen molar-refractivity contribution in [1.82, 2.24) is 29.1 Å². The van der Waals surface area contributed by atoms with Gasteiger partial charge in [-0.25, -0.2) is 0 Å². The number of aromatic nitrogens is 6. The molecule has 6 heteroatoms. The van der Waals surface area contributed by atoms with Crippen LogP contribution in [0.1, 0.15) is 74.6 Å². The van der Waals surface area contributed by atoms with Gasteiger partial charge >= 0.3 is 0 Å². The topological polar surface area (TPSA) is 61.4 Å². The highest BCUT2D eigenvalue weighted by Gasteiger charge is 2.22. The van der Waals surface area contributed by atoms with E-state index in [9.17, 15) is 0 Å². The minimum absolute atomic E-state index is 0.582. The van der Waals surface area contributed by atoms with E-state index in [-0.39, 0.29) is 0 Å². The van der Waals surface area contributed by atoms with Crippen LogP contribution in [0.15, 0.2) is 85.7 Å². The molecule has 0 radical (unpaired) electrons. The normalized spacial score (nSPS) is 16.6. The fourth-order valence-corrected chi connectivity index (χ4v) is 7.76. The maximum absolute atomic E-state index is 4.97. The summed E-state index contributed by atoms with van der Waals surface area (Å²) in [5, 5.41) is 4.96. The van der Waals surface area contributed by atoms with Crippen LogP contribution in [0.5, 0.6) is 0 Å².